The lowest BCUT2D eigenvalue weighted by molar-refractivity contribution is 0.850. The number of hydrogen-bond donors (Lipinski definition) is 1. The van der Waals surface area contributed by atoms with Crippen molar-refractivity contribution in [3.8, 4) is 6.07 Å². The van der Waals surface area contributed by atoms with E-state index in [1.165, 1.54) is 4.88 Å². The first-order chi connectivity index (χ1) is 9.19. The van der Waals surface area contributed by atoms with Gasteiger partial charge in [0.2, 0.25) is 5.95 Å². The number of fused-ring (bicyclic) bond motifs is 1. The van der Waals surface area contributed by atoms with Crippen LogP contribution in [0, 0.1) is 11.3 Å². The fourth-order valence-electron chi connectivity index (χ4n) is 1.96. The Morgan fingerprint density at radius 3 is 2.95 bits per heavy atom. The summed E-state index contributed by atoms with van der Waals surface area (Å²) in [6, 6.07) is 9.54. The summed E-state index contributed by atoms with van der Waals surface area (Å²) in [4.78, 5) is 5.49. The van der Waals surface area contributed by atoms with Crippen LogP contribution < -0.4 is 5.73 Å². The van der Waals surface area contributed by atoms with Crippen LogP contribution in [0.2, 0.25) is 0 Å². The molecule has 0 atom stereocenters. The van der Waals surface area contributed by atoms with Gasteiger partial charge in [-0.25, -0.2) is 4.98 Å². The summed E-state index contributed by atoms with van der Waals surface area (Å²) in [5.74, 6) is 0.463. The van der Waals surface area contributed by atoms with Gasteiger partial charge in [0.1, 0.15) is 0 Å². The van der Waals surface area contributed by atoms with Crippen LogP contribution in [0.15, 0.2) is 34.1 Å². The van der Waals surface area contributed by atoms with Crippen LogP contribution in [-0.4, -0.2) is 9.55 Å². The summed E-state index contributed by atoms with van der Waals surface area (Å²) in [5, 5.41) is 11.0. The number of nitrogens with two attached hydrogens (primary N) is 1. The number of nitrogen functional groups attached to an aromatic ring is 1. The van der Waals surface area contributed by atoms with E-state index in [1.54, 1.807) is 17.4 Å². The molecule has 2 heterocycles. The van der Waals surface area contributed by atoms with Gasteiger partial charge in [0.15, 0.2) is 0 Å². The lowest BCUT2D eigenvalue weighted by Gasteiger charge is -2.05. The third-order valence-corrected chi connectivity index (χ3v) is 4.81. The molecule has 94 valence electrons. The topological polar surface area (TPSA) is 67.6 Å². The number of anilines is 1. The molecule has 2 aromatic heterocycles. The van der Waals surface area contributed by atoms with Gasteiger partial charge in [-0.2, -0.15) is 5.26 Å². The molecular weight excluding hydrogens is 324 g/mol. The summed E-state index contributed by atoms with van der Waals surface area (Å²) in [6.07, 6.45) is 0. The molecule has 0 fully saturated rings. The summed E-state index contributed by atoms with van der Waals surface area (Å²) in [6.45, 7) is 0.648. The van der Waals surface area contributed by atoms with E-state index < -0.39 is 0 Å². The predicted octanol–water partition coefficient (Wildman–Crippen LogP) is 3.36. The van der Waals surface area contributed by atoms with Gasteiger partial charge in [-0.3, -0.25) is 0 Å². The van der Waals surface area contributed by atoms with Crippen molar-refractivity contribution in [2.45, 2.75) is 6.54 Å². The third kappa shape index (κ3) is 2.11. The van der Waals surface area contributed by atoms with Crippen molar-refractivity contribution in [1.29, 1.82) is 5.26 Å². The van der Waals surface area contributed by atoms with E-state index in [2.05, 4.69) is 27.0 Å². The van der Waals surface area contributed by atoms with Crippen LogP contribution in [0.4, 0.5) is 5.95 Å². The second-order valence-corrected chi connectivity index (χ2v) is 5.92. The van der Waals surface area contributed by atoms with E-state index in [4.69, 9.17) is 11.0 Å². The molecule has 0 saturated heterocycles. The Labute approximate surface area is 122 Å². The van der Waals surface area contributed by atoms with E-state index in [0.29, 0.717) is 18.1 Å². The number of benzene rings is 1. The molecule has 0 saturated carbocycles. The van der Waals surface area contributed by atoms with Gasteiger partial charge in [0.05, 0.1) is 29.2 Å². The van der Waals surface area contributed by atoms with E-state index in [-0.39, 0.29) is 0 Å². The Morgan fingerprint density at radius 2 is 2.26 bits per heavy atom. The van der Waals surface area contributed by atoms with Crippen molar-refractivity contribution >= 4 is 44.2 Å². The van der Waals surface area contributed by atoms with Crippen molar-refractivity contribution in [3.05, 3.63) is 44.6 Å². The number of imidazole rings is 1. The molecule has 6 heteroatoms. The molecule has 2 N–H and O–H groups in total. The Morgan fingerprint density at radius 1 is 1.42 bits per heavy atom. The molecule has 3 rings (SSSR count). The molecule has 1 aromatic carbocycles. The highest BCUT2D eigenvalue weighted by atomic mass is 79.9. The molecule has 0 aliphatic heterocycles. The first kappa shape index (κ1) is 12.2. The minimum Gasteiger partial charge on any atom is -0.369 e. The number of nitrogens with zero attached hydrogens (tertiary/aromatic N) is 3. The van der Waals surface area contributed by atoms with Gasteiger partial charge < -0.3 is 10.3 Å². The van der Waals surface area contributed by atoms with Crippen LogP contribution in [0.3, 0.4) is 0 Å². The number of thiophene rings is 1. The lowest BCUT2D eigenvalue weighted by Crippen LogP contribution is -2.03. The Balaban J connectivity index is 2.15. The average Bonchev–Trinajstić information content (AvgIpc) is 2.94. The predicted molar refractivity (Wildman–Crippen MR) is 80.0 cm³/mol. The highest BCUT2D eigenvalue weighted by Gasteiger charge is 2.11. The van der Waals surface area contributed by atoms with Crippen molar-refractivity contribution in [1.82, 2.24) is 9.55 Å². The quantitative estimate of drug-likeness (QED) is 0.782. The van der Waals surface area contributed by atoms with E-state index in [0.717, 1.165) is 15.5 Å². The fraction of sp³-hybridized carbons (Fsp3) is 0.0769. The van der Waals surface area contributed by atoms with Gasteiger partial charge in [0, 0.05) is 9.35 Å². The second kappa shape index (κ2) is 4.68. The van der Waals surface area contributed by atoms with Crippen LogP contribution in [0.25, 0.3) is 11.0 Å². The minimum atomic E-state index is 0.463. The summed E-state index contributed by atoms with van der Waals surface area (Å²) in [7, 11) is 0. The molecule has 0 unspecified atom stereocenters. The molecular formula is C13H9BrN4S. The number of aromatic nitrogens is 2. The smallest absolute Gasteiger partial charge is 0.201 e. The van der Waals surface area contributed by atoms with Crippen LogP contribution in [0.1, 0.15) is 10.4 Å². The third-order valence-electron chi connectivity index (χ3n) is 2.90. The molecule has 0 aliphatic rings. The standard InChI is InChI=1S/C13H9BrN4S/c14-9-3-4-19-12(9)7-18-11-5-8(6-15)1-2-10(11)17-13(18)16/h1-5H,7H2,(H2,16,17). The number of hydrogen-bond acceptors (Lipinski definition) is 4. The maximum absolute atomic E-state index is 8.98. The van der Waals surface area contributed by atoms with Crippen LogP contribution in [0.5, 0.6) is 0 Å². The maximum Gasteiger partial charge on any atom is 0.201 e. The van der Waals surface area contributed by atoms with Crippen LogP contribution >= 0.6 is 27.3 Å². The van der Waals surface area contributed by atoms with Crippen molar-refractivity contribution in [2.24, 2.45) is 0 Å². The fourth-order valence-corrected chi connectivity index (χ4v) is 3.42. The zero-order valence-corrected chi connectivity index (χ0v) is 12.2. The highest BCUT2D eigenvalue weighted by Crippen LogP contribution is 2.27. The molecule has 0 aliphatic carbocycles. The van der Waals surface area contributed by atoms with Gasteiger partial charge in [0.25, 0.3) is 0 Å². The van der Waals surface area contributed by atoms with Crippen molar-refractivity contribution in [2.75, 3.05) is 5.73 Å². The molecule has 4 nitrogen and oxygen atoms in total. The Kier molecular flexibility index (Phi) is 3.01. The average molecular weight is 333 g/mol. The second-order valence-electron chi connectivity index (χ2n) is 4.06. The zero-order chi connectivity index (χ0) is 13.4. The minimum absolute atomic E-state index is 0.463. The largest absolute Gasteiger partial charge is 0.369 e. The zero-order valence-electron chi connectivity index (χ0n) is 9.80. The highest BCUT2D eigenvalue weighted by molar-refractivity contribution is 9.10. The van der Waals surface area contributed by atoms with Crippen molar-refractivity contribution < 1.29 is 0 Å². The van der Waals surface area contributed by atoms with E-state index in [1.807, 2.05) is 28.1 Å². The maximum atomic E-state index is 8.98. The summed E-state index contributed by atoms with van der Waals surface area (Å²) < 4.78 is 2.99. The first-order valence-electron chi connectivity index (χ1n) is 5.57. The number of rotatable bonds is 2. The Hall–Kier alpha value is -1.84. The number of halogens is 1. The van der Waals surface area contributed by atoms with Crippen molar-refractivity contribution in [3.63, 3.8) is 0 Å². The molecule has 19 heavy (non-hydrogen) atoms. The molecule has 0 bridgehead atoms. The monoisotopic (exact) mass is 332 g/mol. The van der Waals surface area contributed by atoms with Crippen LogP contribution in [-0.2, 0) is 6.54 Å². The SMILES string of the molecule is N#Cc1ccc2nc(N)n(Cc3sccc3Br)c2c1. The van der Waals surface area contributed by atoms with Gasteiger partial charge in [-0.15, -0.1) is 11.3 Å². The molecule has 0 spiro atoms. The molecule has 0 radical (unpaired) electrons. The van der Waals surface area contributed by atoms with Gasteiger partial charge in [-0.1, -0.05) is 0 Å². The summed E-state index contributed by atoms with van der Waals surface area (Å²) >= 11 is 5.17. The number of nitriles is 1. The normalized spacial score (nSPS) is 10.7. The van der Waals surface area contributed by atoms with E-state index in [9.17, 15) is 0 Å². The lowest BCUT2D eigenvalue weighted by atomic mass is 10.2. The molecule has 3 aromatic rings. The van der Waals surface area contributed by atoms with Gasteiger partial charge >= 0.3 is 0 Å². The summed E-state index contributed by atoms with van der Waals surface area (Å²) in [5.41, 5.74) is 8.28. The molecule has 0 amide bonds. The Bertz CT molecular complexity index is 797. The van der Waals surface area contributed by atoms with Gasteiger partial charge in [-0.05, 0) is 45.6 Å². The first-order valence-corrected chi connectivity index (χ1v) is 7.24. The van der Waals surface area contributed by atoms with E-state index >= 15 is 0 Å².